The molecule has 3 rings (SSSR count). The van der Waals surface area contributed by atoms with Crippen molar-refractivity contribution in [1.29, 1.82) is 0 Å². The van der Waals surface area contributed by atoms with Crippen molar-refractivity contribution in [2.24, 2.45) is 0 Å². The lowest BCUT2D eigenvalue weighted by molar-refractivity contribution is -0.143. The van der Waals surface area contributed by atoms with Gasteiger partial charge in [0, 0.05) is 16.5 Å². The summed E-state index contributed by atoms with van der Waals surface area (Å²) in [6.45, 7) is 1.77. The molecule has 3 aromatic rings. The summed E-state index contributed by atoms with van der Waals surface area (Å²) in [5.41, 5.74) is -2.62. The molecule has 1 heterocycles. The van der Waals surface area contributed by atoms with E-state index in [1.54, 1.807) is 30.5 Å². The Bertz CT molecular complexity index is 1020. The van der Waals surface area contributed by atoms with E-state index in [1.807, 2.05) is 0 Å². The van der Waals surface area contributed by atoms with E-state index < -0.39 is 35.0 Å². The molecule has 0 radical (unpaired) electrons. The molecular weight excluding hydrogens is 418 g/mol. The third-order valence-corrected chi connectivity index (χ3v) is 4.69. The van der Waals surface area contributed by atoms with Crippen LogP contribution in [-0.4, -0.2) is 10.9 Å². The maximum absolute atomic E-state index is 13.0. The maximum Gasteiger partial charge on any atom is 0.416 e. The first kappa shape index (κ1) is 20.8. The first-order valence-corrected chi connectivity index (χ1v) is 8.95. The van der Waals surface area contributed by atoms with Crippen LogP contribution >= 0.6 is 11.3 Å². The molecule has 0 fully saturated rings. The molecule has 29 heavy (non-hydrogen) atoms. The number of halogens is 6. The van der Waals surface area contributed by atoms with Gasteiger partial charge in [0.15, 0.2) is 0 Å². The van der Waals surface area contributed by atoms with Gasteiger partial charge in [-0.25, -0.2) is 4.98 Å². The van der Waals surface area contributed by atoms with E-state index in [0.29, 0.717) is 23.4 Å². The molecule has 0 atom stereocenters. The minimum atomic E-state index is -5.04. The van der Waals surface area contributed by atoms with Gasteiger partial charge in [0.2, 0.25) is 0 Å². The minimum absolute atomic E-state index is 0.0250. The fourth-order valence-corrected chi connectivity index (χ4v) is 3.20. The van der Waals surface area contributed by atoms with Crippen molar-refractivity contribution in [2.75, 3.05) is 5.32 Å². The van der Waals surface area contributed by atoms with Crippen LogP contribution in [0.25, 0.3) is 11.3 Å². The van der Waals surface area contributed by atoms with Crippen molar-refractivity contribution in [1.82, 2.24) is 4.98 Å². The summed E-state index contributed by atoms with van der Waals surface area (Å²) in [4.78, 5) is 16.8. The number of amides is 1. The second-order valence-corrected chi connectivity index (χ2v) is 7.11. The Hall–Kier alpha value is -2.88. The number of hydrogen-bond acceptors (Lipinski definition) is 3. The van der Waals surface area contributed by atoms with Crippen LogP contribution in [0.15, 0.2) is 47.8 Å². The van der Waals surface area contributed by atoms with Gasteiger partial charge in [0.1, 0.15) is 0 Å². The lowest BCUT2D eigenvalue weighted by atomic mass is 10.0. The summed E-state index contributed by atoms with van der Waals surface area (Å²) < 4.78 is 78.0. The van der Waals surface area contributed by atoms with Crippen molar-refractivity contribution in [3.8, 4) is 11.3 Å². The number of aryl methyl sites for hydroxylation is 1. The standard InChI is InChI=1S/C19H12F6N2OS/c1-10-26-16(9-29-10)14-4-2-3-5-15(14)27-17(28)11-6-12(18(20,21)22)8-13(7-11)19(23,24)25/h2-9H,1H3,(H,27,28). The number of anilines is 1. The molecule has 0 unspecified atom stereocenters. The molecule has 0 aliphatic carbocycles. The number of benzene rings is 2. The van der Waals surface area contributed by atoms with Gasteiger partial charge < -0.3 is 5.32 Å². The number of hydrogen-bond donors (Lipinski definition) is 1. The molecule has 152 valence electrons. The number of rotatable bonds is 3. The average Bonchev–Trinajstić information content (AvgIpc) is 3.06. The van der Waals surface area contributed by atoms with E-state index in [2.05, 4.69) is 10.3 Å². The molecule has 0 spiro atoms. The summed E-state index contributed by atoms with van der Waals surface area (Å²) in [5.74, 6) is -1.10. The number of carbonyl (C=O) groups excluding carboxylic acids is 1. The predicted octanol–water partition coefficient (Wildman–Crippen LogP) is 6.41. The molecule has 1 aromatic heterocycles. The Morgan fingerprint density at radius 2 is 1.55 bits per heavy atom. The topological polar surface area (TPSA) is 42.0 Å². The van der Waals surface area contributed by atoms with Crippen molar-refractivity contribution < 1.29 is 31.1 Å². The average molecular weight is 430 g/mol. The van der Waals surface area contributed by atoms with Crippen LogP contribution in [0.4, 0.5) is 32.0 Å². The lowest BCUT2D eigenvalue weighted by Gasteiger charge is -2.15. The number of nitrogens with one attached hydrogen (secondary N) is 1. The second kappa shape index (κ2) is 7.51. The number of para-hydroxylation sites is 1. The van der Waals surface area contributed by atoms with Gasteiger partial charge in [-0.3, -0.25) is 4.79 Å². The minimum Gasteiger partial charge on any atom is -0.321 e. The highest BCUT2D eigenvalue weighted by molar-refractivity contribution is 7.09. The molecule has 1 amide bonds. The van der Waals surface area contributed by atoms with Crippen LogP contribution in [0.3, 0.4) is 0 Å². The Balaban J connectivity index is 2.00. The SMILES string of the molecule is Cc1nc(-c2ccccc2NC(=O)c2cc(C(F)(F)F)cc(C(F)(F)F)c2)cs1. The van der Waals surface area contributed by atoms with Crippen molar-refractivity contribution in [3.05, 3.63) is 69.5 Å². The zero-order valence-electron chi connectivity index (χ0n) is 14.7. The number of carbonyl (C=O) groups is 1. The zero-order valence-corrected chi connectivity index (χ0v) is 15.5. The Kier molecular flexibility index (Phi) is 5.40. The number of aromatic nitrogens is 1. The molecule has 2 aromatic carbocycles. The number of nitrogens with zero attached hydrogens (tertiary/aromatic N) is 1. The predicted molar refractivity (Wildman–Crippen MR) is 96.7 cm³/mol. The third-order valence-electron chi connectivity index (χ3n) is 3.92. The van der Waals surface area contributed by atoms with Crippen LogP contribution < -0.4 is 5.32 Å². The molecule has 0 saturated heterocycles. The largest absolute Gasteiger partial charge is 0.416 e. The van der Waals surface area contributed by atoms with E-state index >= 15 is 0 Å². The highest BCUT2D eigenvalue weighted by atomic mass is 32.1. The zero-order chi connectivity index (χ0) is 21.4. The van der Waals surface area contributed by atoms with Gasteiger partial charge in [-0.2, -0.15) is 26.3 Å². The van der Waals surface area contributed by atoms with Crippen molar-refractivity contribution in [3.63, 3.8) is 0 Å². The number of alkyl halides is 6. The van der Waals surface area contributed by atoms with Crippen molar-refractivity contribution in [2.45, 2.75) is 19.3 Å². The molecular formula is C19H12F6N2OS. The molecule has 0 aliphatic rings. The van der Waals surface area contributed by atoms with Crippen LogP contribution in [0.2, 0.25) is 0 Å². The van der Waals surface area contributed by atoms with E-state index in [0.717, 1.165) is 5.01 Å². The van der Waals surface area contributed by atoms with Crippen LogP contribution in [0.1, 0.15) is 26.5 Å². The lowest BCUT2D eigenvalue weighted by Crippen LogP contribution is -2.17. The molecule has 0 aliphatic heterocycles. The van der Waals surface area contributed by atoms with Crippen LogP contribution in [0.5, 0.6) is 0 Å². The fourth-order valence-electron chi connectivity index (χ4n) is 2.58. The van der Waals surface area contributed by atoms with E-state index in [1.165, 1.54) is 17.4 Å². The normalized spacial score (nSPS) is 12.1. The third kappa shape index (κ3) is 4.76. The van der Waals surface area contributed by atoms with Crippen LogP contribution in [0, 0.1) is 6.92 Å². The smallest absolute Gasteiger partial charge is 0.321 e. The highest BCUT2D eigenvalue weighted by Gasteiger charge is 2.37. The molecule has 3 nitrogen and oxygen atoms in total. The molecule has 0 bridgehead atoms. The molecule has 0 saturated carbocycles. The first-order chi connectivity index (χ1) is 13.4. The molecule has 1 N–H and O–H groups in total. The quantitative estimate of drug-likeness (QED) is 0.488. The van der Waals surface area contributed by atoms with E-state index in [4.69, 9.17) is 0 Å². The number of thiazole rings is 1. The van der Waals surface area contributed by atoms with Gasteiger partial charge in [0.05, 0.1) is 27.5 Å². The van der Waals surface area contributed by atoms with Gasteiger partial charge in [0.25, 0.3) is 5.91 Å². The summed E-state index contributed by atoms with van der Waals surface area (Å²) in [7, 11) is 0. The van der Waals surface area contributed by atoms with Gasteiger partial charge >= 0.3 is 12.4 Å². The second-order valence-electron chi connectivity index (χ2n) is 6.05. The summed E-state index contributed by atoms with van der Waals surface area (Å²) in [5, 5.41) is 4.87. The van der Waals surface area contributed by atoms with Gasteiger partial charge in [-0.15, -0.1) is 11.3 Å². The monoisotopic (exact) mass is 430 g/mol. The Morgan fingerprint density at radius 1 is 0.966 bits per heavy atom. The van der Waals surface area contributed by atoms with E-state index in [9.17, 15) is 31.1 Å². The van der Waals surface area contributed by atoms with Gasteiger partial charge in [-0.05, 0) is 31.2 Å². The fraction of sp³-hybridized carbons (Fsp3) is 0.158. The van der Waals surface area contributed by atoms with E-state index in [-0.39, 0.29) is 11.8 Å². The Morgan fingerprint density at radius 3 is 2.07 bits per heavy atom. The summed E-state index contributed by atoms with van der Waals surface area (Å²) in [6.07, 6.45) is -10.1. The highest BCUT2D eigenvalue weighted by Crippen LogP contribution is 2.37. The summed E-state index contributed by atoms with van der Waals surface area (Å²) >= 11 is 1.36. The maximum atomic E-state index is 13.0. The first-order valence-electron chi connectivity index (χ1n) is 8.07. The molecule has 10 heteroatoms. The summed E-state index contributed by atoms with van der Waals surface area (Å²) in [6, 6.07) is 7.12. The van der Waals surface area contributed by atoms with Gasteiger partial charge in [-0.1, -0.05) is 18.2 Å². The van der Waals surface area contributed by atoms with Crippen molar-refractivity contribution >= 4 is 22.9 Å². The van der Waals surface area contributed by atoms with Crippen LogP contribution in [-0.2, 0) is 12.4 Å². The Labute approximate surface area is 165 Å².